The van der Waals surface area contributed by atoms with E-state index in [0.717, 1.165) is 66.7 Å². The minimum absolute atomic E-state index is 0.610. The van der Waals surface area contributed by atoms with Crippen LogP contribution in [0.4, 0.5) is 0 Å². The standard InChI is InChI=1S/C47H30N6/c1-4-15-33(16-5-1)42-48-43(50-45(49-42)38-29-24-31-14-10-11-21-37(31)30-38)35-27-25-32(26-28-35)41-39-22-12-13-23-40(39)47-52-44(34-17-6-2-7-18-34)51-46(53(41)47)36-19-8-3-9-20-36/h1-30H. The fraction of sp³-hybridized carbons (Fsp3) is 0. The first-order valence-corrected chi connectivity index (χ1v) is 17.6. The number of benzene rings is 7. The molecule has 10 aromatic rings. The highest BCUT2D eigenvalue weighted by molar-refractivity contribution is 6.06. The minimum atomic E-state index is 0.610. The molecule has 53 heavy (non-hydrogen) atoms. The molecule has 0 bridgehead atoms. The van der Waals surface area contributed by atoms with Gasteiger partial charge in [-0.2, -0.15) is 0 Å². The lowest BCUT2D eigenvalue weighted by molar-refractivity contribution is 1.05. The second kappa shape index (κ2) is 12.8. The number of hydrogen-bond donors (Lipinski definition) is 0. The summed E-state index contributed by atoms with van der Waals surface area (Å²) in [4.78, 5) is 25.4. The summed E-state index contributed by atoms with van der Waals surface area (Å²) in [5, 5.41) is 4.47. The molecule has 0 unspecified atom stereocenters. The maximum atomic E-state index is 5.21. The molecule has 248 valence electrons. The second-order valence-electron chi connectivity index (χ2n) is 13.0. The third kappa shape index (κ3) is 5.50. The molecule has 7 aromatic carbocycles. The Morgan fingerprint density at radius 1 is 0.302 bits per heavy atom. The minimum Gasteiger partial charge on any atom is -0.277 e. The van der Waals surface area contributed by atoms with E-state index in [9.17, 15) is 0 Å². The molecule has 0 atom stereocenters. The molecule has 0 saturated carbocycles. The van der Waals surface area contributed by atoms with Crippen LogP contribution in [0.5, 0.6) is 0 Å². The lowest BCUT2D eigenvalue weighted by Crippen LogP contribution is -2.03. The Morgan fingerprint density at radius 3 is 1.40 bits per heavy atom. The van der Waals surface area contributed by atoms with Crippen molar-refractivity contribution in [3.8, 4) is 68.2 Å². The molecule has 10 rings (SSSR count). The monoisotopic (exact) mass is 678 g/mol. The summed E-state index contributed by atoms with van der Waals surface area (Å²) in [7, 11) is 0. The number of fused-ring (bicyclic) bond motifs is 4. The molecule has 6 nitrogen and oxygen atoms in total. The molecular weight excluding hydrogens is 649 g/mol. The molecule has 0 radical (unpaired) electrons. The largest absolute Gasteiger partial charge is 0.277 e. The molecule has 0 amide bonds. The molecule has 0 aliphatic carbocycles. The smallest absolute Gasteiger partial charge is 0.164 e. The lowest BCUT2D eigenvalue weighted by atomic mass is 10.0. The Morgan fingerprint density at radius 2 is 0.755 bits per heavy atom. The van der Waals surface area contributed by atoms with Crippen LogP contribution < -0.4 is 0 Å². The van der Waals surface area contributed by atoms with Crippen molar-refractivity contribution in [2.24, 2.45) is 0 Å². The zero-order chi connectivity index (χ0) is 35.1. The summed E-state index contributed by atoms with van der Waals surface area (Å²) in [6, 6.07) is 62.2. The predicted octanol–water partition coefficient (Wildman–Crippen LogP) is 11.2. The van der Waals surface area contributed by atoms with Crippen molar-refractivity contribution in [1.82, 2.24) is 29.3 Å². The van der Waals surface area contributed by atoms with E-state index in [1.54, 1.807) is 0 Å². The van der Waals surface area contributed by atoms with Crippen molar-refractivity contribution in [3.63, 3.8) is 0 Å². The van der Waals surface area contributed by atoms with Crippen LogP contribution in [0.3, 0.4) is 0 Å². The van der Waals surface area contributed by atoms with Crippen LogP contribution in [-0.4, -0.2) is 29.3 Å². The van der Waals surface area contributed by atoms with Crippen molar-refractivity contribution in [3.05, 3.63) is 182 Å². The van der Waals surface area contributed by atoms with E-state index >= 15 is 0 Å². The van der Waals surface area contributed by atoms with Crippen molar-refractivity contribution >= 4 is 27.2 Å². The average Bonchev–Trinajstić information content (AvgIpc) is 3.58. The van der Waals surface area contributed by atoms with Gasteiger partial charge in [-0.25, -0.2) is 24.9 Å². The molecule has 6 heteroatoms. The van der Waals surface area contributed by atoms with E-state index < -0.39 is 0 Å². The van der Waals surface area contributed by atoms with Crippen LogP contribution in [0.25, 0.3) is 95.4 Å². The molecule has 3 heterocycles. The van der Waals surface area contributed by atoms with Crippen LogP contribution >= 0.6 is 0 Å². The van der Waals surface area contributed by atoms with Gasteiger partial charge in [-0.15, -0.1) is 0 Å². The van der Waals surface area contributed by atoms with Crippen molar-refractivity contribution in [1.29, 1.82) is 0 Å². The molecule has 0 spiro atoms. The van der Waals surface area contributed by atoms with Gasteiger partial charge >= 0.3 is 0 Å². The van der Waals surface area contributed by atoms with Crippen LogP contribution in [0.1, 0.15) is 0 Å². The molecule has 0 saturated heterocycles. The summed E-state index contributed by atoms with van der Waals surface area (Å²) >= 11 is 0. The number of aromatic nitrogens is 6. The van der Waals surface area contributed by atoms with Crippen LogP contribution in [0.15, 0.2) is 182 Å². The SMILES string of the molecule is c1ccc(-c2nc(-c3ccc(-c4c5ccccc5c5nc(-c6ccccc6)nc(-c6ccccc6)n45)cc3)nc(-c3ccc4ccccc4c3)n2)cc1. The molecule has 0 fully saturated rings. The highest BCUT2D eigenvalue weighted by Crippen LogP contribution is 2.38. The van der Waals surface area contributed by atoms with E-state index in [-0.39, 0.29) is 0 Å². The van der Waals surface area contributed by atoms with E-state index in [1.165, 1.54) is 5.39 Å². The van der Waals surface area contributed by atoms with E-state index in [4.69, 9.17) is 24.9 Å². The second-order valence-corrected chi connectivity index (χ2v) is 13.0. The highest BCUT2D eigenvalue weighted by atomic mass is 15.1. The van der Waals surface area contributed by atoms with E-state index in [2.05, 4.69) is 120 Å². The Labute approximate surface area is 305 Å². The van der Waals surface area contributed by atoms with Gasteiger partial charge in [0.1, 0.15) is 11.5 Å². The number of rotatable bonds is 6. The van der Waals surface area contributed by atoms with Gasteiger partial charge in [0.05, 0.1) is 5.69 Å². The average molecular weight is 679 g/mol. The van der Waals surface area contributed by atoms with Gasteiger partial charge < -0.3 is 0 Å². The molecular formula is C47H30N6. The van der Waals surface area contributed by atoms with Gasteiger partial charge in [-0.3, -0.25) is 4.40 Å². The van der Waals surface area contributed by atoms with Crippen molar-refractivity contribution in [2.75, 3.05) is 0 Å². The third-order valence-electron chi connectivity index (χ3n) is 9.65. The lowest BCUT2D eigenvalue weighted by Gasteiger charge is -2.13. The molecule has 0 aliphatic heterocycles. The first-order chi connectivity index (χ1) is 26.3. The number of hydrogen-bond acceptors (Lipinski definition) is 5. The van der Waals surface area contributed by atoms with Gasteiger partial charge in [0.25, 0.3) is 0 Å². The quantitative estimate of drug-likeness (QED) is 0.175. The van der Waals surface area contributed by atoms with Crippen LogP contribution in [-0.2, 0) is 0 Å². The Balaban J connectivity index is 1.15. The molecule has 0 N–H and O–H groups in total. The van der Waals surface area contributed by atoms with Gasteiger partial charge in [0, 0.05) is 38.6 Å². The fourth-order valence-electron chi connectivity index (χ4n) is 7.06. The molecule has 3 aromatic heterocycles. The zero-order valence-corrected chi connectivity index (χ0v) is 28.5. The van der Waals surface area contributed by atoms with E-state index in [0.29, 0.717) is 23.3 Å². The van der Waals surface area contributed by atoms with Gasteiger partial charge in [-0.05, 0) is 22.4 Å². The summed E-state index contributed by atoms with van der Waals surface area (Å²) < 4.78 is 2.20. The Kier molecular flexibility index (Phi) is 7.36. The van der Waals surface area contributed by atoms with Crippen LogP contribution in [0.2, 0.25) is 0 Å². The van der Waals surface area contributed by atoms with Gasteiger partial charge in [0.2, 0.25) is 0 Å². The maximum absolute atomic E-state index is 5.21. The highest BCUT2D eigenvalue weighted by Gasteiger charge is 2.21. The van der Waals surface area contributed by atoms with E-state index in [1.807, 2.05) is 66.7 Å². The maximum Gasteiger partial charge on any atom is 0.164 e. The van der Waals surface area contributed by atoms with Crippen molar-refractivity contribution in [2.45, 2.75) is 0 Å². The summed E-state index contributed by atoms with van der Waals surface area (Å²) in [6.45, 7) is 0. The van der Waals surface area contributed by atoms with Crippen molar-refractivity contribution < 1.29 is 0 Å². The normalized spacial score (nSPS) is 11.4. The first-order valence-electron chi connectivity index (χ1n) is 17.6. The van der Waals surface area contributed by atoms with Gasteiger partial charge in [0.15, 0.2) is 23.3 Å². The zero-order valence-electron chi connectivity index (χ0n) is 28.5. The summed E-state index contributed by atoms with van der Waals surface area (Å²) in [6.07, 6.45) is 0. The fourth-order valence-corrected chi connectivity index (χ4v) is 7.06. The predicted molar refractivity (Wildman–Crippen MR) is 214 cm³/mol. The summed E-state index contributed by atoms with van der Waals surface area (Å²) in [5.74, 6) is 3.39. The first kappa shape index (κ1) is 30.5. The topological polar surface area (TPSA) is 68.9 Å². The molecule has 0 aliphatic rings. The number of nitrogens with zero attached hydrogens (tertiary/aromatic N) is 6. The Bertz CT molecular complexity index is 2920. The Hall–Kier alpha value is -7.31. The summed E-state index contributed by atoms with van der Waals surface area (Å²) in [5.41, 5.74) is 7.67. The van der Waals surface area contributed by atoms with Gasteiger partial charge in [-0.1, -0.05) is 176 Å². The third-order valence-corrected chi connectivity index (χ3v) is 9.65. The van der Waals surface area contributed by atoms with Crippen LogP contribution in [0, 0.1) is 0 Å².